The second-order valence-corrected chi connectivity index (χ2v) is 5.78. The Morgan fingerprint density at radius 3 is 2.57 bits per heavy atom. The van der Waals surface area contributed by atoms with Gasteiger partial charge in [0.05, 0.1) is 5.56 Å². The smallest absolute Gasteiger partial charge is 0.409 e. The number of nitrogens with one attached hydrogen (secondary N) is 1. The Bertz CT molecular complexity index is 556. The van der Waals surface area contributed by atoms with E-state index in [0.29, 0.717) is 18.7 Å². The van der Waals surface area contributed by atoms with Crippen molar-refractivity contribution in [1.82, 2.24) is 0 Å². The summed E-state index contributed by atoms with van der Waals surface area (Å²) in [6, 6.07) is 3.35. The highest BCUT2D eigenvalue weighted by Gasteiger charge is 2.43. The Balaban J connectivity index is 2.06. The van der Waals surface area contributed by atoms with E-state index in [9.17, 15) is 13.2 Å². The molecule has 0 aliphatic heterocycles. The van der Waals surface area contributed by atoms with Gasteiger partial charge in [0.15, 0.2) is 0 Å². The molecule has 1 aromatic carbocycles. The maximum atomic E-state index is 12.7. The lowest BCUT2D eigenvalue weighted by molar-refractivity contribution is -0.137. The summed E-state index contributed by atoms with van der Waals surface area (Å²) in [4.78, 5) is 0. The van der Waals surface area contributed by atoms with Crippen LogP contribution in [0.3, 0.4) is 0 Å². The van der Waals surface area contributed by atoms with Gasteiger partial charge >= 0.3 is 6.18 Å². The van der Waals surface area contributed by atoms with Crippen molar-refractivity contribution in [3.63, 3.8) is 0 Å². The molecular formula is C13H15ClF3N3O. The van der Waals surface area contributed by atoms with Crippen LogP contribution in [0.25, 0.3) is 0 Å². The number of hydrogen-bond acceptors (Lipinski definition) is 3. The molecule has 0 heterocycles. The Hall–Kier alpha value is -1.63. The van der Waals surface area contributed by atoms with Gasteiger partial charge in [-0.15, -0.1) is 0 Å². The number of oxime groups is 1. The lowest BCUT2D eigenvalue weighted by Gasteiger charge is -2.17. The van der Waals surface area contributed by atoms with Gasteiger partial charge in [-0.05, 0) is 36.5 Å². The number of benzene rings is 1. The molecule has 0 atom stereocenters. The summed E-state index contributed by atoms with van der Waals surface area (Å²) in [5.41, 5.74) is 4.83. The van der Waals surface area contributed by atoms with Crippen LogP contribution in [0.5, 0.6) is 0 Å². The predicted molar refractivity (Wildman–Crippen MR) is 74.6 cm³/mol. The van der Waals surface area contributed by atoms with Crippen LogP contribution in [0.15, 0.2) is 23.4 Å². The quantitative estimate of drug-likeness (QED) is 0.335. The van der Waals surface area contributed by atoms with Gasteiger partial charge in [0.2, 0.25) is 0 Å². The number of alkyl halides is 3. The van der Waals surface area contributed by atoms with E-state index in [1.54, 1.807) is 0 Å². The molecule has 116 valence electrons. The summed E-state index contributed by atoms with van der Waals surface area (Å²) in [7, 11) is 0. The predicted octanol–water partition coefficient (Wildman–Crippen LogP) is 3.69. The molecule has 1 aliphatic carbocycles. The fourth-order valence-electron chi connectivity index (χ4n) is 2.16. The Morgan fingerprint density at radius 1 is 1.38 bits per heavy atom. The normalized spacial score (nSPS) is 17.6. The van der Waals surface area contributed by atoms with Gasteiger partial charge in [0.1, 0.15) is 5.84 Å². The van der Waals surface area contributed by atoms with Crippen LogP contribution in [0, 0.1) is 5.41 Å². The van der Waals surface area contributed by atoms with E-state index >= 15 is 0 Å². The van der Waals surface area contributed by atoms with Gasteiger partial charge in [-0.3, -0.25) is 0 Å². The van der Waals surface area contributed by atoms with E-state index in [0.717, 1.165) is 25.0 Å². The highest BCUT2D eigenvalue weighted by atomic mass is 35.5. The Morgan fingerprint density at radius 2 is 2.05 bits per heavy atom. The zero-order valence-corrected chi connectivity index (χ0v) is 11.8. The lowest BCUT2D eigenvalue weighted by atomic mass is 10.0. The minimum atomic E-state index is -4.44. The Kier molecular flexibility index (Phi) is 4.22. The van der Waals surface area contributed by atoms with Gasteiger partial charge < -0.3 is 16.3 Å². The fourth-order valence-corrected chi connectivity index (χ4v) is 2.39. The number of halogens is 4. The molecule has 0 unspecified atom stereocenters. The number of nitrogens with two attached hydrogens (primary N) is 1. The monoisotopic (exact) mass is 321 g/mol. The first-order valence-corrected chi connectivity index (χ1v) is 6.70. The van der Waals surface area contributed by atoms with Crippen molar-refractivity contribution >= 4 is 23.1 Å². The second kappa shape index (κ2) is 5.63. The molecule has 4 nitrogen and oxygen atoms in total. The van der Waals surface area contributed by atoms with Crippen molar-refractivity contribution in [2.45, 2.75) is 25.4 Å². The van der Waals surface area contributed by atoms with E-state index in [-0.39, 0.29) is 16.3 Å². The first-order valence-electron chi connectivity index (χ1n) is 6.32. The molecule has 8 heteroatoms. The number of rotatable bonds is 5. The molecule has 0 aromatic heterocycles. The van der Waals surface area contributed by atoms with Gasteiger partial charge in [0, 0.05) is 23.7 Å². The first-order chi connectivity index (χ1) is 9.74. The van der Waals surface area contributed by atoms with Crippen molar-refractivity contribution in [1.29, 1.82) is 0 Å². The molecule has 0 bridgehead atoms. The summed E-state index contributed by atoms with van der Waals surface area (Å²) in [6.07, 6.45) is -2.28. The largest absolute Gasteiger partial charge is 0.416 e. The summed E-state index contributed by atoms with van der Waals surface area (Å²) in [5, 5.41) is 14.5. The van der Waals surface area contributed by atoms with Gasteiger partial charge in [-0.25, -0.2) is 0 Å². The van der Waals surface area contributed by atoms with Crippen LogP contribution >= 0.6 is 11.6 Å². The summed E-state index contributed by atoms with van der Waals surface area (Å²) in [5.74, 6) is 0.122. The number of anilines is 1. The summed E-state index contributed by atoms with van der Waals surface area (Å²) in [6.45, 7) is 0.445. The lowest BCUT2D eigenvalue weighted by Crippen LogP contribution is -2.23. The maximum absolute atomic E-state index is 12.7. The highest BCUT2D eigenvalue weighted by molar-refractivity contribution is 6.30. The van der Waals surface area contributed by atoms with Crippen LogP contribution in [-0.4, -0.2) is 17.6 Å². The van der Waals surface area contributed by atoms with Crippen molar-refractivity contribution in [3.05, 3.63) is 28.8 Å². The molecule has 1 aliphatic rings. The third kappa shape index (κ3) is 4.17. The molecule has 1 saturated carbocycles. The Labute approximate surface area is 124 Å². The van der Waals surface area contributed by atoms with E-state index in [1.807, 2.05) is 0 Å². The van der Waals surface area contributed by atoms with Gasteiger partial charge in [0.25, 0.3) is 0 Å². The molecular weight excluding hydrogens is 307 g/mol. The van der Waals surface area contributed by atoms with Gasteiger partial charge in [-0.2, -0.15) is 13.2 Å². The second-order valence-electron chi connectivity index (χ2n) is 5.35. The standard InChI is InChI=1S/C13H15ClF3N3O/c14-9-3-8(13(15,16)17)4-10(5-9)19-7-12(1-2-12)6-11(18)20-21/h3-5,19,21H,1-2,6-7H2,(H2,18,20). The van der Waals surface area contributed by atoms with Crippen molar-refractivity contribution in [2.24, 2.45) is 16.3 Å². The van der Waals surface area contributed by atoms with Gasteiger partial charge in [-0.1, -0.05) is 16.8 Å². The zero-order chi connectivity index (χ0) is 15.7. The van der Waals surface area contributed by atoms with Crippen LogP contribution in [0.1, 0.15) is 24.8 Å². The molecule has 4 N–H and O–H groups in total. The number of hydrogen-bond donors (Lipinski definition) is 3. The van der Waals surface area contributed by atoms with Crippen LogP contribution in [-0.2, 0) is 6.18 Å². The molecule has 1 fully saturated rings. The van der Waals surface area contributed by atoms with Crippen LogP contribution < -0.4 is 11.1 Å². The molecule has 0 spiro atoms. The van der Waals surface area contributed by atoms with Crippen LogP contribution in [0.2, 0.25) is 5.02 Å². The molecule has 2 rings (SSSR count). The highest BCUT2D eigenvalue weighted by Crippen LogP contribution is 2.48. The molecule has 0 saturated heterocycles. The average molecular weight is 322 g/mol. The summed E-state index contributed by atoms with van der Waals surface area (Å²) >= 11 is 5.72. The fraction of sp³-hybridized carbons (Fsp3) is 0.462. The third-order valence-electron chi connectivity index (χ3n) is 3.53. The molecule has 1 aromatic rings. The minimum Gasteiger partial charge on any atom is -0.409 e. The first kappa shape index (κ1) is 15.8. The van der Waals surface area contributed by atoms with E-state index in [1.165, 1.54) is 6.07 Å². The molecule has 0 amide bonds. The van der Waals surface area contributed by atoms with E-state index < -0.39 is 11.7 Å². The maximum Gasteiger partial charge on any atom is 0.416 e. The SMILES string of the molecule is N/C(CC1(CNc2cc(Cl)cc(C(F)(F)F)c2)CC1)=N/O. The van der Waals surface area contributed by atoms with Crippen LogP contribution in [0.4, 0.5) is 18.9 Å². The minimum absolute atomic E-state index is 0.0219. The third-order valence-corrected chi connectivity index (χ3v) is 3.75. The topological polar surface area (TPSA) is 70.6 Å². The van der Waals surface area contributed by atoms with Crippen molar-refractivity contribution < 1.29 is 18.4 Å². The number of nitrogens with zero attached hydrogens (tertiary/aromatic N) is 1. The molecule has 21 heavy (non-hydrogen) atoms. The van der Waals surface area contributed by atoms with E-state index in [2.05, 4.69) is 10.5 Å². The van der Waals surface area contributed by atoms with Crippen molar-refractivity contribution in [2.75, 3.05) is 11.9 Å². The average Bonchev–Trinajstić information content (AvgIpc) is 3.15. The van der Waals surface area contributed by atoms with Crippen molar-refractivity contribution in [3.8, 4) is 0 Å². The molecule has 0 radical (unpaired) electrons. The number of amidine groups is 1. The zero-order valence-electron chi connectivity index (χ0n) is 11.0. The summed E-state index contributed by atoms with van der Waals surface area (Å²) < 4.78 is 38.1. The van der Waals surface area contributed by atoms with E-state index in [4.69, 9.17) is 22.5 Å².